The number of benzene rings is 1. The first-order valence-electron chi connectivity index (χ1n) is 12.6. The van der Waals surface area contributed by atoms with Crippen LogP contribution in [0.4, 0.5) is 11.4 Å². The van der Waals surface area contributed by atoms with Gasteiger partial charge in [-0.3, -0.25) is 9.59 Å². The highest BCUT2D eigenvalue weighted by Crippen LogP contribution is 2.61. The van der Waals surface area contributed by atoms with Crippen molar-refractivity contribution in [1.82, 2.24) is 9.78 Å². The van der Waals surface area contributed by atoms with Crippen molar-refractivity contribution in [3.63, 3.8) is 0 Å². The number of rotatable bonds is 5. The molecular weight excluding hydrogens is 468 g/mol. The largest absolute Gasteiger partial charge is 0.495 e. The molecule has 2 unspecified atom stereocenters. The summed E-state index contributed by atoms with van der Waals surface area (Å²) in [5, 5.41) is 14.9. The minimum absolute atomic E-state index is 0.119. The first kappa shape index (κ1) is 22.7. The second-order valence-electron chi connectivity index (χ2n) is 10.7. The molecule has 1 aromatic carbocycles. The fourth-order valence-corrected chi connectivity index (χ4v) is 8.02. The highest BCUT2D eigenvalue weighted by Gasteiger charge is 2.61. The number of aliphatic carboxylic acids is 1. The van der Waals surface area contributed by atoms with Crippen LogP contribution in [0.1, 0.15) is 32.1 Å². The maximum absolute atomic E-state index is 13.6. The van der Waals surface area contributed by atoms with Gasteiger partial charge in [0.15, 0.2) is 0 Å². The van der Waals surface area contributed by atoms with E-state index in [4.69, 9.17) is 16.3 Å². The molecule has 4 bridgehead atoms. The van der Waals surface area contributed by atoms with Crippen LogP contribution in [0.15, 0.2) is 35.3 Å². The van der Waals surface area contributed by atoms with Gasteiger partial charge >= 0.3 is 5.97 Å². The number of halogens is 1. The van der Waals surface area contributed by atoms with Gasteiger partial charge in [0, 0.05) is 26.2 Å². The first-order valence-corrected chi connectivity index (χ1v) is 12.9. The van der Waals surface area contributed by atoms with E-state index >= 15 is 0 Å². The van der Waals surface area contributed by atoms with Gasteiger partial charge in [-0.05, 0) is 62.0 Å². The molecule has 8 nitrogen and oxygen atoms in total. The highest BCUT2D eigenvalue weighted by molar-refractivity contribution is 6.33. The van der Waals surface area contributed by atoms with E-state index in [-0.39, 0.29) is 16.5 Å². The summed E-state index contributed by atoms with van der Waals surface area (Å²) in [5.41, 5.74) is 0.562. The SMILES string of the molecule is COc1ccccc1N1CCN(c2cnn(C34C[C@@H]5CC(C[C@@H](C5)C3)[C@@H]4C(=O)O)c(=O)c2Cl)CC1. The zero-order valence-electron chi connectivity index (χ0n) is 19.9. The predicted molar refractivity (Wildman–Crippen MR) is 134 cm³/mol. The standard InChI is InChI=1S/C26H31ClN4O4/c1-35-21-5-3-2-4-19(21)29-6-8-30(9-7-29)20-15-28-31(24(32)23(20)27)26-13-16-10-17(14-26)12-18(11-16)22(26)25(33)34/h2-5,15-18,22H,6-14H2,1H3,(H,33,34)/t16-,17+,18?,22-,26?/m1/s1. The van der Waals surface area contributed by atoms with Crippen molar-refractivity contribution in [3.05, 3.63) is 45.8 Å². The Hall–Kier alpha value is -2.74. The number of para-hydroxylation sites is 2. The van der Waals surface area contributed by atoms with Crippen LogP contribution in [0.5, 0.6) is 5.75 Å². The second-order valence-corrected chi connectivity index (χ2v) is 11.1. The Balaban J connectivity index is 1.28. The number of hydrogen-bond acceptors (Lipinski definition) is 6. The van der Waals surface area contributed by atoms with Crippen molar-refractivity contribution in [2.24, 2.45) is 23.7 Å². The molecular formula is C26H31ClN4O4. The van der Waals surface area contributed by atoms with Crippen LogP contribution < -0.4 is 20.1 Å². The van der Waals surface area contributed by atoms with E-state index in [0.717, 1.165) is 43.8 Å². The van der Waals surface area contributed by atoms with Crippen LogP contribution >= 0.6 is 11.6 Å². The molecule has 2 aromatic rings. The molecule has 7 rings (SSSR count). The highest BCUT2D eigenvalue weighted by atomic mass is 35.5. The summed E-state index contributed by atoms with van der Waals surface area (Å²) in [6.45, 7) is 2.90. The van der Waals surface area contributed by atoms with Gasteiger partial charge in [0.2, 0.25) is 0 Å². The Kier molecular flexibility index (Phi) is 5.47. The Morgan fingerprint density at radius 2 is 1.69 bits per heavy atom. The molecule has 9 heteroatoms. The molecule has 1 N–H and O–H groups in total. The van der Waals surface area contributed by atoms with E-state index in [1.165, 1.54) is 4.68 Å². The summed E-state index contributed by atoms with van der Waals surface area (Å²) >= 11 is 6.70. The molecule has 4 saturated carbocycles. The van der Waals surface area contributed by atoms with Crippen LogP contribution in [-0.4, -0.2) is 54.1 Å². The fraction of sp³-hybridized carbons (Fsp3) is 0.577. The molecule has 2 heterocycles. The Morgan fingerprint density at radius 1 is 1.06 bits per heavy atom. The Labute approximate surface area is 209 Å². The lowest BCUT2D eigenvalue weighted by atomic mass is 9.48. The van der Waals surface area contributed by atoms with E-state index in [9.17, 15) is 14.7 Å². The molecule has 0 spiro atoms. The molecule has 1 aromatic heterocycles. The van der Waals surface area contributed by atoms with Gasteiger partial charge in [-0.2, -0.15) is 5.10 Å². The molecule has 186 valence electrons. The lowest BCUT2D eigenvalue weighted by molar-refractivity contribution is -0.168. The number of anilines is 2. The van der Waals surface area contributed by atoms with Crippen molar-refractivity contribution in [2.75, 3.05) is 43.1 Å². The zero-order chi connectivity index (χ0) is 24.3. The normalized spacial score (nSPS) is 31.6. The minimum atomic E-state index is -0.810. The first-order chi connectivity index (χ1) is 16.9. The van der Waals surface area contributed by atoms with Crippen molar-refractivity contribution >= 4 is 28.9 Å². The average molecular weight is 499 g/mol. The summed E-state index contributed by atoms with van der Waals surface area (Å²) in [6.07, 6.45) is 6.13. The number of hydrogen-bond donors (Lipinski definition) is 1. The number of carboxylic acid groups (broad SMARTS) is 1. The average Bonchev–Trinajstić information content (AvgIpc) is 2.85. The molecule has 1 aliphatic heterocycles. The topological polar surface area (TPSA) is 87.9 Å². The molecule has 1 saturated heterocycles. The summed E-state index contributed by atoms with van der Waals surface area (Å²) in [6, 6.07) is 7.96. The van der Waals surface area contributed by atoms with Gasteiger partial charge in [-0.1, -0.05) is 23.7 Å². The smallest absolute Gasteiger partial charge is 0.309 e. The Bertz CT molecular complexity index is 1190. The molecule has 4 aliphatic carbocycles. The molecule has 5 atom stereocenters. The minimum Gasteiger partial charge on any atom is -0.495 e. The monoisotopic (exact) mass is 498 g/mol. The lowest BCUT2D eigenvalue weighted by Gasteiger charge is -2.59. The van der Waals surface area contributed by atoms with E-state index in [1.54, 1.807) is 13.3 Å². The van der Waals surface area contributed by atoms with E-state index in [0.29, 0.717) is 43.5 Å². The maximum Gasteiger partial charge on any atom is 0.309 e. The van der Waals surface area contributed by atoms with E-state index < -0.39 is 17.4 Å². The summed E-state index contributed by atoms with van der Waals surface area (Å²) in [5.74, 6) is 0.513. The quantitative estimate of drug-likeness (QED) is 0.675. The Morgan fingerprint density at radius 3 is 2.31 bits per heavy atom. The molecule has 0 amide bonds. The molecule has 5 fully saturated rings. The molecule has 35 heavy (non-hydrogen) atoms. The van der Waals surface area contributed by atoms with Gasteiger partial charge < -0.3 is 19.6 Å². The summed E-state index contributed by atoms with van der Waals surface area (Å²) in [7, 11) is 1.67. The van der Waals surface area contributed by atoms with Crippen molar-refractivity contribution < 1.29 is 14.6 Å². The van der Waals surface area contributed by atoms with Gasteiger partial charge in [0.1, 0.15) is 10.8 Å². The van der Waals surface area contributed by atoms with Crippen LogP contribution in [0.25, 0.3) is 0 Å². The number of methoxy groups -OCH3 is 1. The van der Waals surface area contributed by atoms with Gasteiger partial charge in [-0.25, -0.2) is 4.68 Å². The van der Waals surface area contributed by atoms with E-state index in [1.807, 2.05) is 18.2 Å². The van der Waals surface area contributed by atoms with Crippen molar-refractivity contribution in [1.29, 1.82) is 0 Å². The summed E-state index contributed by atoms with van der Waals surface area (Å²) < 4.78 is 6.98. The fourth-order valence-electron chi connectivity index (χ4n) is 7.77. The van der Waals surface area contributed by atoms with Crippen LogP contribution in [0.3, 0.4) is 0 Å². The molecule has 5 aliphatic rings. The maximum atomic E-state index is 13.6. The van der Waals surface area contributed by atoms with Gasteiger partial charge in [0.05, 0.1) is 36.1 Å². The third-order valence-corrected chi connectivity index (χ3v) is 9.26. The lowest BCUT2D eigenvalue weighted by Crippen LogP contribution is -2.63. The number of piperazine rings is 1. The van der Waals surface area contributed by atoms with Crippen molar-refractivity contribution in [2.45, 2.75) is 37.6 Å². The third-order valence-electron chi connectivity index (χ3n) is 8.91. The number of nitrogens with zero attached hydrogens (tertiary/aromatic N) is 4. The van der Waals surface area contributed by atoms with Gasteiger partial charge in [0.25, 0.3) is 5.56 Å². The van der Waals surface area contributed by atoms with Gasteiger partial charge in [-0.15, -0.1) is 0 Å². The van der Waals surface area contributed by atoms with E-state index in [2.05, 4.69) is 21.0 Å². The number of carbonyl (C=O) groups is 1. The summed E-state index contributed by atoms with van der Waals surface area (Å²) in [4.78, 5) is 30.3. The van der Waals surface area contributed by atoms with Crippen LogP contribution in [0.2, 0.25) is 5.02 Å². The molecule has 0 radical (unpaired) electrons. The third kappa shape index (κ3) is 3.51. The number of ether oxygens (including phenoxy) is 1. The van der Waals surface area contributed by atoms with Crippen LogP contribution in [-0.2, 0) is 10.3 Å². The van der Waals surface area contributed by atoms with Crippen LogP contribution in [0, 0.1) is 23.7 Å². The number of carboxylic acids is 1. The second kappa shape index (κ2) is 8.43. The number of aromatic nitrogens is 2. The van der Waals surface area contributed by atoms with Crippen molar-refractivity contribution in [3.8, 4) is 5.75 Å². The predicted octanol–water partition coefficient (Wildman–Crippen LogP) is 3.47. The zero-order valence-corrected chi connectivity index (χ0v) is 20.7.